The van der Waals surface area contributed by atoms with E-state index >= 15 is 0 Å². The molecule has 0 fully saturated rings. The van der Waals surface area contributed by atoms with Crippen LogP contribution in [0.5, 0.6) is 5.75 Å². The fourth-order valence-corrected chi connectivity index (χ4v) is 3.64. The summed E-state index contributed by atoms with van der Waals surface area (Å²) in [4.78, 5) is 0.415. The predicted molar refractivity (Wildman–Crippen MR) is 84.4 cm³/mol. The molecule has 21 heavy (non-hydrogen) atoms. The van der Waals surface area contributed by atoms with Gasteiger partial charge in [0.05, 0.1) is 37.1 Å². The second kappa shape index (κ2) is 7.46. The molecule has 2 rings (SSSR count). The molecular weight excluding hydrogens is 329 g/mol. The van der Waals surface area contributed by atoms with Gasteiger partial charge < -0.3 is 4.74 Å². The second-order valence-corrected chi connectivity index (χ2v) is 6.38. The lowest BCUT2D eigenvalue weighted by molar-refractivity contribution is 0.341. The fourth-order valence-electron chi connectivity index (χ4n) is 1.71. The Kier molecular flexibility index (Phi) is 5.63. The van der Waals surface area contributed by atoms with Gasteiger partial charge in [0.2, 0.25) is 0 Å². The number of rotatable bonds is 5. The van der Waals surface area contributed by atoms with Crippen LogP contribution < -0.4 is 4.74 Å². The predicted octanol–water partition coefficient (Wildman–Crippen LogP) is 4.05. The van der Waals surface area contributed by atoms with Crippen LogP contribution in [0.2, 0.25) is 10.0 Å². The Labute approximate surface area is 135 Å². The summed E-state index contributed by atoms with van der Waals surface area (Å²) in [7, 11) is -1.36. The Morgan fingerprint density at radius 3 is 2.43 bits per heavy atom. The SMILES string of the molecule is N#Cc1ccccc1OCCS(=O)c1c(Cl)cccc1Cl. The smallest absolute Gasteiger partial charge is 0.137 e. The summed E-state index contributed by atoms with van der Waals surface area (Å²) in [5.74, 6) is 0.714. The molecule has 3 nitrogen and oxygen atoms in total. The summed E-state index contributed by atoms with van der Waals surface area (Å²) in [5.41, 5.74) is 0.444. The van der Waals surface area contributed by atoms with Crippen molar-refractivity contribution in [3.8, 4) is 11.8 Å². The molecule has 0 amide bonds. The van der Waals surface area contributed by atoms with Gasteiger partial charge in [-0.2, -0.15) is 5.26 Å². The third kappa shape index (κ3) is 3.98. The Morgan fingerprint density at radius 1 is 1.10 bits per heavy atom. The van der Waals surface area contributed by atoms with Crippen LogP contribution in [0.4, 0.5) is 0 Å². The van der Waals surface area contributed by atoms with Crippen LogP contribution in [0.3, 0.4) is 0 Å². The second-order valence-electron chi connectivity index (χ2n) is 4.06. The Hall–Kier alpha value is -1.54. The zero-order chi connectivity index (χ0) is 15.2. The first-order chi connectivity index (χ1) is 10.1. The Bertz CT molecular complexity index is 693. The Balaban J connectivity index is 2.01. The van der Waals surface area contributed by atoms with Crippen molar-refractivity contribution >= 4 is 34.0 Å². The van der Waals surface area contributed by atoms with Crippen molar-refractivity contribution in [3.05, 3.63) is 58.1 Å². The van der Waals surface area contributed by atoms with E-state index in [0.29, 0.717) is 26.3 Å². The molecule has 0 spiro atoms. The maximum Gasteiger partial charge on any atom is 0.137 e. The minimum absolute atomic E-state index is 0.201. The number of ether oxygens (including phenoxy) is 1. The van der Waals surface area contributed by atoms with Crippen molar-refractivity contribution in [2.75, 3.05) is 12.4 Å². The molecule has 6 heteroatoms. The molecule has 0 aliphatic carbocycles. The van der Waals surface area contributed by atoms with Crippen LogP contribution in [0, 0.1) is 11.3 Å². The van der Waals surface area contributed by atoms with Gasteiger partial charge in [-0.15, -0.1) is 0 Å². The summed E-state index contributed by atoms with van der Waals surface area (Å²) >= 11 is 12.0. The molecule has 108 valence electrons. The van der Waals surface area contributed by atoms with Crippen molar-refractivity contribution in [1.29, 1.82) is 5.26 Å². The molecule has 1 unspecified atom stereocenters. The van der Waals surface area contributed by atoms with E-state index in [2.05, 4.69) is 0 Å². The lowest BCUT2D eigenvalue weighted by atomic mass is 10.2. The van der Waals surface area contributed by atoms with Crippen molar-refractivity contribution < 1.29 is 8.95 Å². The highest BCUT2D eigenvalue weighted by Gasteiger charge is 2.13. The summed E-state index contributed by atoms with van der Waals surface area (Å²) in [5, 5.41) is 9.70. The number of nitriles is 1. The first-order valence-electron chi connectivity index (χ1n) is 6.08. The third-order valence-corrected chi connectivity index (χ3v) is 4.97. The van der Waals surface area contributed by atoms with Crippen LogP contribution in [0.25, 0.3) is 0 Å². The van der Waals surface area contributed by atoms with E-state index in [0.717, 1.165) is 0 Å². The first-order valence-corrected chi connectivity index (χ1v) is 8.15. The summed E-state index contributed by atoms with van der Waals surface area (Å²) in [6.07, 6.45) is 0. The number of nitrogens with zero attached hydrogens (tertiary/aromatic N) is 1. The number of hydrogen-bond acceptors (Lipinski definition) is 3. The largest absolute Gasteiger partial charge is 0.491 e. The zero-order valence-corrected chi connectivity index (χ0v) is 13.2. The number of halogens is 2. The van der Waals surface area contributed by atoms with Gasteiger partial charge in [0.1, 0.15) is 18.4 Å². The van der Waals surface area contributed by atoms with Crippen molar-refractivity contribution in [2.24, 2.45) is 0 Å². The minimum Gasteiger partial charge on any atom is -0.491 e. The zero-order valence-electron chi connectivity index (χ0n) is 10.9. The van der Waals surface area contributed by atoms with E-state index in [1.807, 2.05) is 6.07 Å². The molecule has 0 aromatic heterocycles. The van der Waals surface area contributed by atoms with E-state index in [1.54, 1.807) is 42.5 Å². The first kappa shape index (κ1) is 15.8. The van der Waals surface area contributed by atoms with Gasteiger partial charge in [0, 0.05) is 0 Å². The molecular formula is C15H11Cl2NO2S. The molecule has 0 N–H and O–H groups in total. The van der Waals surface area contributed by atoms with E-state index in [1.165, 1.54) is 0 Å². The van der Waals surface area contributed by atoms with Gasteiger partial charge in [0.25, 0.3) is 0 Å². The lowest BCUT2D eigenvalue weighted by Gasteiger charge is -2.09. The van der Waals surface area contributed by atoms with Crippen LogP contribution in [-0.2, 0) is 10.8 Å². The lowest BCUT2D eigenvalue weighted by Crippen LogP contribution is -2.10. The summed E-state index contributed by atoms with van der Waals surface area (Å²) < 4.78 is 17.7. The molecule has 0 heterocycles. The van der Waals surface area contributed by atoms with Crippen LogP contribution in [-0.4, -0.2) is 16.6 Å². The van der Waals surface area contributed by atoms with E-state index < -0.39 is 10.8 Å². The molecule has 0 aliphatic heterocycles. The normalized spacial score (nSPS) is 11.7. The molecule has 0 saturated heterocycles. The van der Waals surface area contributed by atoms with Crippen LogP contribution >= 0.6 is 23.2 Å². The van der Waals surface area contributed by atoms with Crippen molar-refractivity contribution in [1.82, 2.24) is 0 Å². The number of para-hydroxylation sites is 1. The van der Waals surface area contributed by atoms with Gasteiger partial charge in [-0.3, -0.25) is 4.21 Å². The van der Waals surface area contributed by atoms with Gasteiger partial charge in [-0.25, -0.2) is 0 Å². The molecule has 0 saturated carbocycles. The highest BCUT2D eigenvalue weighted by Crippen LogP contribution is 2.27. The quantitative estimate of drug-likeness (QED) is 0.825. The highest BCUT2D eigenvalue weighted by molar-refractivity contribution is 7.85. The maximum atomic E-state index is 12.2. The molecule has 0 aliphatic rings. The molecule has 0 radical (unpaired) electrons. The average molecular weight is 340 g/mol. The molecule has 0 bridgehead atoms. The van der Waals surface area contributed by atoms with Crippen LogP contribution in [0.1, 0.15) is 5.56 Å². The molecule has 2 aromatic rings. The summed E-state index contributed by atoms with van der Waals surface area (Å²) in [6, 6.07) is 13.9. The van der Waals surface area contributed by atoms with Crippen molar-refractivity contribution in [2.45, 2.75) is 4.90 Å². The standard InChI is InChI=1S/C15H11Cl2NO2S/c16-12-5-3-6-13(17)15(12)21(19)9-8-20-14-7-2-1-4-11(14)10-18/h1-7H,8-9H2. The third-order valence-electron chi connectivity index (χ3n) is 2.68. The number of benzene rings is 2. The van der Waals surface area contributed by atoms with E-state index in [9.17, 15) is 4.21 Å². The Morgan fingerprint density at radius 2 is 1.76 bits per heavy atom. The average Bonchev–Trinajstić information content (AvgIpc) is 2.47. The van der Waals surface area contributed by atoms with Gasteiger partial charge in [0.15, 0.2) is 0 Å². The highest BCUT2D eigenvalue weighted by atomic mass is 35.5. The fraction of sp³-hybridized carbons (Fsp3) is 0.133. The van der Waals surface area contributed by atoms with E-state index in [-0.39, 0.29) is 12.4 Å². The van der Waals surface area contributed by atoms with Crippen molar-refractivity contribution in [3.63, 3.8) is 0 Å². The molecule has 2 aromatic carbocycles. The monoisotopic (exact) mass is 339 g/mol. The molecule has 1 atom stereocenters. The summed E-state index contributed by atoms with van der Waals surface area (Å²) in [6.45, 7) is 0.201. The number of hydrogen-bond donors (Lipinski definition) is 0. The van der Waals surface area contributed by atoms with Gasteiger partial charge in [-0.1, -0.05) is 41.4 Å². The van der Waals surface area contributed by atoms with E-state index in [4.69, 9.17) is 33.2 Å². The van der Waals surface area contributed by atoms with Gasteiger partial charge in [-0.05, 0) is 24.3 Å². The van der Waals surface area contributed by atoms with Crippen LogP contribution in [0.15, 0.2) is 47.4 Å². The minimum atomic E-state index is -1.36. The van der Waals surface area contributed by atoms with Gasteiger partial charge >= 0.3 is 0 Å². The maximum absolute atomic E-state index is 12.2. The topological polar surface area (TPSA) is 50.1 Å².